The molecule has 8 nitrogen and oxygen atoms in total. The van der Waals surface area contributed by atoms with Gasteiger partial charge in [0.15, 0.2) is 12.1 Å². The maximum absolute atomic E-state index is 13.6. The second kappa shape index (κ2) is 9.35. The zero-order valence-electron chi connectivity index (χ0n) is 16.3. The van der Waals surface area contributed by atoms with Crippen molar-refractivity contribution in [2.24, 2.45) is 11.7 Å². The van der Waals surface area contributed by atoms with Crippen molar-refractivity contribution in [1.82, 2.24) is 15.0 Å². The fraction of sp³-hybridized carbons (Fsp3) is 0.421. The second-order valence-electron chi connectivity index (χ2n) is 7.06. The third-order valence-electron chi connectivity index (χ3n) is 3.85. The van der Waals surface area contributed by atoms with Crippen LogP contribution in [0.15, 0.2) is 24.4 Å². The van der Waals surface area contributed by atoms with Gasteiger partial charge in [-0.2, -0.15) is 0 Å². The van der Waals surface area contributed by atoms with Crippen molar-refractivity contribution in [3.05, 3.63) is 35.9 Å². The molecule has 0 spiro atoms. The summed E-state index contributed by atoms with van der Waals surface area (Å²) in [5, 5.41) is 0. The summed E-state index contributed by atoms with van der Waals surface area (Å²) < 4.78 is 37.8. The van der Waals surface area contributed by atoms with Crippen LogP contribution in [0.2, 0.25) is 0 Å². The fourth-order valence-corrected chi connectivity index (χ4v) is 2.92. The lowest BCUT2D eigenvalue weighted by Crippen LogP contribution is -2.41. The van der Waals surface area contributed by atoms with Gasteiger partial charge < -0.3 is 15.2 Å². The lowest BCUT2D eigenvalue weighted by Gasteiger charge is -2.30. The molecule has 0 unspecified atom stereocenters. The zero-order valence-corrected chi connectivity index (χ0v) is 16.3. The van der Waals surface area contributed by atoms with Crippen LogP contribution < -0.4 is 10.5 Å². The lowest BCUT2D eigenvalue weighted by molar-refractivity contribution is -0.0197. The number of carbonyl (C=O) groups is 2. The number of nitrogens with two attached hydrogens (primary N) is 1. The van der Waals surface area contributed by atoms with Crippen LogP contribution in [0, 0.1) is 5.92 Å². The van der Waals surface area contributed by atoms with Crippen molar-refractivity contribution in [2.45, 2.75) is 39.2 Å². The highest BCUT2D eigenvalue weighted by molar-refractivity contribution is 5.70. The van der Waals surface area contributed by atoms with E-state index in [1.54, 1.807) is 6.92 Å². The Morgan fingerprint density at radius 3 is 2.52 bits per heavy atom. The minimum absolute atomic E-state index is 0.0868. The molecule has 2 rings (SSSR count). The largest absolute Gasteiger partial charge is 0.487 e. The molecular weight excluding hydrogens is 386 g/mol. The molecular formula is C19H22F2N4O4. The average Bonchev–Trinajstić information content (AvgIpc) is 2.65. The SMILES string of the molecule is CC(C)C[C@@](C)(COc1ccc(-c2ccnc(C=O)n2)nc1C(F)F)OC(N)=O. The summed E-state index contributed by atoms with van der Waals surface area (Å²) in [6.07, 6.45) is -1.71. The van der Waals surface area contributed by atoms with E-state index in [0.29, 0.717) is 12.7 Å². The van der Waals surface area contributed by atoms with Gasteiger partial charge in [-0.05, 0) is 37.5 Å². The van der Waals surface area contributed by atoms with Crippen molar-refractivity contribution in [1.29, 1.82) is 0 Å². The van der Waals surface area contributed by atoms with E-state index in [9.17, 15) is 18.4 Å². The van der Waals surface area contributed by atoms with Crippen LogP contribution in [0.5, 0.6) is 5.75 Å². The maximum Gasteiger partial charge on any atom is 0.405 e. The molecule has 2 aromatic heterocycles. The summed E-state index contributed by atoms with van der Waals surface area (Å²) in [7, 11) is 0. The Kier molecular flexibility index (Phi) is 7.13. The second-order valence-corrected chi connectivity index (χ2v) is 7.06. The number of aldehydes is 1. The molecule has 0 aromatic carbocycles. The normalized spacial score (nSPS) is 13.2. The first kappa shape index (κ1) is 22.1. The Hall–Kier alpha value is -3.17. The van der Waals surface area contributed by atoms with Gasteiger partial charge in [0.25, 0.3) is 6.43 Å². The lowest BCUT2D eigenvalue weighted by atomic mass is 9.95. The molecule has 10 heteroatoms. The van der Waals surface area contributed by atoms with Crippen LogP contribution in [-0.4, -0.2) is 39.5 Å². The van der Waals surface area contributed by atoms with Gasteiger partial charge in [0.2, 0.25) is 0 Å². The number of hydrogen-bond acceptors (Lipinski definition) is 7. The molecule has 0 aliphatic heterocycles. The fourth-order valence-electron chi connectivity index (χ4n) is 2.92. The summed E-state index contributed by atoms with van der Waals surface area (Å²) in [4.78, 5) is 33.6. The van der Waals surface area contributed by atoms with Crippen molar-refractivity contribution >= 4 is 12.4 Å². The minimum atomic E-state index is -2.93. The van der Waals surface area contributed by atoms with Crippen molar-refractivity contribution < 1.29 is 27.8 Å². The number of rotatable bonds is 9. The zero-order chi connectivity index (χ0) is 21.6. The van der Waals surface area contributed by atoms with Crippen LogP contribution >= 0.6 is 0 Å². The van der Waals surface area contributed by atoms with Crippen molar-refractivity contribution in [2.75, 3.05) is 6.61 Å². The number of primary amides is 1. The molecule has 0 saturated carbocycles. The van der Waals surface area contributed by atoms with Gasteiger partial charge in [0.1, 0.15) is 23.7 Å². The van der Waals surface area contributed by atoms with Crippen LogP contribution in [0.4, 0.5) is 13.6 Å². The van der Waals surface area contributed by atoms with Crippen LogP contribution in [-0.2, 0) is 4.74 Å². The van der Waals surface area contributed by atoms with E-state index in [-0.39, 0.29) is 35.5 Å². The van der Waals surface area contributed by atoms with Gasteiger partial charge in [-0.15, -0.1) is 0 Å². The number of hydrogen-bond donors (Lipinski definition) is 1. The molecule has 1 amide bonds. The van der Waals surface area contributed by atoms with Gasteiger partial charge in [0, 0.05) is 6.20 Å². The number of aromatic nitrogens is 3. The van der Waals surface area contributed by atoms with Gasteiger partial charge in [0.05, 0.1) is 11.4 Å². The molecule has 156 valence electrons. The summed E-state index contributed by atoms with van der Waals surface area (Å²) >= 11 is 0. The number of alkyl halides is 2. The molecule has 0 aliphatic rings. The Morgan fingerprint density at radius 1 is 1.24 bits per heavy atom. The van der Waals surface area contributed by atoms with Gasteiger partial charge in [-0.3, -0.25) is 4.79 Å². The molecule has 0 bridgehead atoms. The van der Waals surface area contributed by atoms with E-state index in [4.69, 9.17) is 15.2 Å². The average molecular weight is 408 g/mol. The van der Waals surface area contributed by atoms with Crippen molar-refractivity contribution in [3.8, 4) is 17.1 Å². The molecule has 0 radical (unpaired) electrons. The highest BCUT2D eigenvalue weighted by Gasteiger charge is 2.31. The summed E-state index contributed by atoms with van der Waals surface area (Å²) in [6.45, 7) is 5.26. The van der Waals surface area contributed by atoms with E-state index in [1.807, 2.05) is 13.8 Å². The molecule has 0 fully saturated rings. The molecule has 2 N–H and O–H groups in total. The molecule has 1 atom stereocenters. The van der Waals surface area contributed by atoms with E-state index in [1.165, 1.54) is 24.4 Å². The van der Waals surface area contributed by atoms with E-state index >= 15 is 0 Å². The molecule has 2 heterocycles. The van der Waals surface area contributed by atoms with Gasteiger partial charge >= 0.3 is 6.09 Å². The van der Waals surface area contributed by atoms with E-state index in [2.05, 4.69) is 15.0 Å². The third kappa shape index (κ3) is 6.16. The molecule has 2 aromatic rings. The highest BCUT2D eigenvalue weighted by atomic mass is 19.3. The van der Waals surface area contributed by atoms with Gasteiger partial charge in [-0.25, -0.2) is 28.5 Å². The quantitative estimate of drug-likeness (QED) is 0.630. The number of ether oxygens (including phenoxy) is 2. The summed E-state index contributed by atoms with van der Waals surface area (Å²) in [5.74, 6) is -0.101. The Balaban J connectivity index is 2.30. The Labute approximate surface area is 166 Å². The predicted molar refractivity (Wildman–Crippen MR) is 99.6 cm³/mol. The van der Waals surface area contributed by atoms with Crippen LogP contribution in [0.3, 0.4) is 0 Å². The topological polar surface area (TPSA) is 117 Å². The predicted octanol–water partition coefficient (Wildman–Crippen LogP) is 3.57. The monoisotopic (exact) mass is 408 g/mol. The molecule has 29 heavy (non-hydrogen) atoms. The molecule has 0 saturated heterocycles. The first-order chi connectivity index (χ1) is 13.6. The summed E-state index contributed by atoms with van der Waals surface area (Å²) in [6, 6.07) is 4.21. The first-order valence-corrected chi connectivity index (χ1v) is 8.82. The minimum Gasteiger partial charge on any atom is -0.487 e. The number of amides is 1. The number of carbonyl (C=O) groups excluding carboxylic acids is 2. The number of halogens is 2. The van der Waals surface area contributed by atoms with Crippen LogP contribution in [0.1, 0.15) is 49.9 Å². The Morgan fingerprint density at radius 2 is 1.93 bits per heavy atom. The smallest absolute Gasteiger partial charge is 0.405 e. The van der Waals surface area contributed by atoms with E-state index in [0.717, 1.165) is 0 Å². The van der Waals surface area contributed by atoms with Crippen LogP contribution in [0.25, 0.3) is 11.4 Å². The number of pyridine rings is 1. The Bertz CT molecular complexity index is 879. The van der Waals surface area contributed by atoms with E-state index < -0.39 is 23.8 Å². The standard InChI is InChI=1S/C19H22F2N4O4/c1-11(2)8-19(3,29-18(22)27)10-28-14-5-4-12(25-16(14)17(20)21)13-6-7-23-15(9-26)24-13/h4-7,9,11,17H,8,10H2,1-3H3,(H2,22,27)/t19-/m0/s1. The third-order valence-corrected chi connectivity index (χ3v) is 3.85. The van der Waals surface area contributed by atoms with Crippen molar-refractivity contribution in [3.63, 3.8) is 0 Å². The molecule has 0 aliphatic carbocycles. The first-order valence-electron chi connectivity index (χ1n) is 8.82. The highest BCUT2D eigenvalue weighted by Crippen LogP contribution is 2.31. The summed E-state index contributed by atoms with van der Waals surface area (Å²) in [5.41, 5.74) is 3.79. The maximum atomic E-state index is 13.6. The number of nitrogens with zero attached hydrogens (tertiary/aromatic N) is 3. The van der Waals surface area contributed by atoms with Gasteiger partial charge in [-0.1, -0.05) is 13.8 Å².